The average Bonchev–Trinajstić information content (AvgIpc) is 2.81. The van der Waals surface area contributed by atoms with Crippen LogP contribution < -0.4 is 16.0 Å². The summed E-state index contributed by atoms with van der Waals surface area (Å²) < 4.78 is 41.2. The fourth-order valence-corrected chi connectivity index (χ4v) is 1.42. The zero-order valence-electron chi connectivity index (χ0n) is 9.66. The fraction of sp³-hybridized carbons (Fsp3) is 0.444. The van der Waals surface area contributed by atoms with Crippen molar-refractivity contribution in [1.82, 2.24) is 20.2 Å². The summed E-state index contributed by atoms with van der Waals surface area (Å²) in [6.07, 6.45) is -3.83. The van der Waals surface area contributed by atoms with Gasteiger partial charge in [0.15, 0.2) is 5.65 Å². The SMILES string of the molecule is NNc1nc(OCCCC(F)(F)F)c2cn[nH]c2n1. The Kier molecular flexibility index (Phi) is 3.69. The number of hydrazine groups is 1. The van der Waals surface area contributed by atoms with Crippen LogP contribution in [0.25, 0.3) is 11.0 Å². The summed E-state index contributed by atoms with van der Waals surface area (Å²) >= 11 is 0. The average molecular weight is 276 g/mol. The van der Waals surface area contributed by atoms with Crippen molar-refractivity contribution in [2.24, 2.45) is 5.84 Å². The highest BCUT2D eigenvalue weighted by Crippen LogP contribution is 2.24. The number of nitrogens with one attached hydrogen (secondary N) is 2. The van der Waals surface area contributed by atoms with E-state index in [1.165, 1.54) is 6.20 Å². The van der Waals surface area contributed by atoms with E-state index >= 15 is 0 Å². The fourth-order valence-electron chi connectivity index (χ4n) is 1.42. The van der Waals surface area contributed by atoms with E-state index < -0.39 is 12.6 Å². The molecule has 0 amide bonds. The van der Waals surface area contributed by atoms with Crippen LogP contribution >= 0.6 is 0 Å². The van der Waals surface area contributed by atoms with Gasteiger partial charge in [-0.2, -0.15) is 28.2 Å². The molecule has 2 heterocycles. The number of aromatic nitrogens is 4. The van der Waals surface area contributed by atoms with Crippen molar-refractivity contribution >= 4 is 17.0 Å². The minimum Gasteiger partial charge on any atom is -0.477 e. The van der Waals surface area contributed by atoms with Gasteiger partial charge in [0.2, 0.25) is 11.8 Å². The van der Waals surface area contributed by atoms with Gasteiger partial charge in [0.25, 0.3) is 0 Å². The van der Waals surface area contributed by atoms with Crippen LogP contribution in [0.15, 0.2) is 6.20 Å². The van der Waals surface area contributed by atoms with Crippen molar-refractivity contribution in [1.29, 1.82) is 0 Å². The molecule has 2 aromatic rings. The minimum atomic E-state index is -4.19. The molecule has 0 aliphatic heterocycles. The number of nitrogen functional groups attached to an aromatic ring is 1. The van der Waals surface area contributed by atoms with Crippen molar-refractivity contribution in [3.05, 3.63) is 6.20 Å². The minimum absolute atomic E-state index is 0.0857. The van der Waals surface area contributed by atoms with Crippen molar-refractivity contribution in [3.8, 4) is 5.88 Å². The number of fused-ring (bicyclic) bond motifs is 1. The number of ether oxygens (including phenoxy) is 1. The lowest BCUT2D eigenvalue weighted by Crippen LogP contribution is -2.12. The molecule has 0 spiro atoms. The molecular formula is C9H11F3N6O. The summed E-state index contributed by atoms with van der Waals surface area (Å²) in [5, 5.41) is 6.82. The highest BCUT2D eigenvalue weighted by atomic mass is 19.4. The maximum atomic E-state index is 12.0. The first-order valence-electron chi connectivity index (χ1n) is 5.37. The molecule has 0 saturated carbocycles. The Morgan fingerprint density at radius 2 is 2.16 bits per heavy atom. The quantitative estimate of drug-likeness (QED) is 0.433. The third kappa shape index (κ3) is 3.44. The normalized spacial score (nSPS) is 11.8. The molecule has 19 heavy (non-hydrogen) atoms. The predicted octanol–water partition coefficient (Wildman–Crippen LogP) is 1.36. The third-order valence-electron chi connectivity index (χ3n) is 2.25. The molecule has 0 aromatic carbocycles. The molecule has 4 N–H and O–H groups in total. The molecule has 2 aromatic heterocycles. The van der Waals surface area contributed by atoms with Gasteiger partial charge in [-0.3, -0.25) is 10.5 Å². The summed E-state index contributed by atoms with van der Waals surface area (Å²) in [4.78, 5) is 7.87. The molecule has 0 atom stereocenters. The van der Waals surface area contributed by atoms with E-state index in [2.05, 4.69) is 25.6 Å². The first-order valence-corrected chi connectivity index (χ1v) is 5.37. The highest BCUT2D eigenvalue weighted by molar-refractivity contribution is 5.80. The van der Waals surface area contributed by atoms with Crippen molar-refractivity contribution in [2.45, 2.75) is 19.0 Å². The van der Waals surface area contributed by atoms with Crippen LogP contribution in [0.5, 0.6) is 5.88 Å². The topological polar surface area (TPSA) is 102 Å². The Morgan fingerprint density at radius 3 is 2.84 bits per heavy atom. The number of aromatic amines is 1. The van der Waals surface area contributed by atoms with E-state index in [4.69, 9.17) is 10.6 Å². The van der Waals surface area contributed by atoms with Gasteiger partial charge in [-0.05, 0) is 6.42 Å². The van der Waals surface area contributed by atoms with Gasteiger partial charge in [-0.1, -0.05) is 0 Å². The zero-order chi connectivity index (χ0) is 13.9. The molecule has 0 bridgehead atoms. The van der Waals surface area contributed by atoms with Crippen molar-refractivity contribution < 1.29 is 17.9 Å². The molecule has 10 heteroatoms. The summed E-state index contributed by atoms with van der Waals surface area (Å²) in [5.74, 6) is 5.40. The lowest BCUT2D eigenvalue weighted by Gasteiger charge is -2.08. The van der Waals surface area contributed by atoms with E-state index in [-0.39, 0.29) is 24.9 Å². The number of hydrogen-bond acceptors (Lipinski definition) is 6. The second-order valence-electron chi connectivity index (χ2n) is 3.70. The Labute approximate surface area is 105 Å². The molecule has 0 fully saturated rings. The van der Waals surface area contributed by atoms with Gasteiger partial charge in [-0.25, -0.2) is 5.84 Å². The van der Waals surface area contributed by atoms with Crippen molar-refractivity contribution in [2.75, 3.05) is 12.0 Å². The van der Waals surface area contributed by atoms with Crippen LogP contribution in [0.2, 0.25) is 0 Å². The summed E-state index contributed by atoms with van der Waals surface area (Å²) in [6.45, 7) is -0.110. The van der Waals surface area contributed by atoms with Crippen LogP contribution in [0.4, 0.5) is 19.1 Å². The van der Waals surface area contributed by atoms with Crippen LogP contribution in [0.3, 0.4) is 0 Å². The predicted molar refractivity (Wildman–Crippen MR) is 60.3 cm³/mol. The van der Waals surface area contributed by atoms with Gasteiger partial charge in [-0.15, -0.1) is 0 Å². The van der Waals surface area contributed by atoms with Crippen LogP contribution in [0.1, 0.15) is 12.8 Å². The maximum absolute atomic E-state index is 12.0. The number of alkyl halides is 3. The molecule has 0 unspecified atom stereocenters. The Bertz CT molecular complexity index is 554. The number of halogens is 3. The second kappa shape index (κ2) is 5.26. The molecule has 104 valence electrons. The first-order chi connectivity index (χ1) is 8.99. The van der Waals surface area contributed by atoms with Gasteiger partial charge in [0.1, 0.15) is 5.39 Å². The highest BCUT2D eigenvalue weighted by Gasteiger charge is 2.26. The molecule has 0 radical (unpaired) electrons. The maximum Gasteiger partial charge on any atom is 0.389 e. The second-order valence-corrected chi connectivity index (χ2v) is 3.70. The number of hydrogen-bond donors (Lipinski definition) is 3. The van der Waals surface area contributed by atoms with E-state index in [9.17, 15) is 13.2 Å². The molecule has 0 saturated heterocycles. The molecule has 7 nitrogen and oxygen atoms in total. The van der Waals surface area contributed by atoms with Gasteiger partial charge in [0, 0.05) is 6.42 Å². The first kappa shape index (κ1) is 13.3. The Balaban J connectivity index is 2.05. The third-order valence-corrected chi connectivity index (χ3v) is 2.25. The number of rotatable bonds is 5. The van der Waals surface area contributed by atoms with Gasteiger partial charge in [0.05, 0.1) is 12.8 Å². The monoisotopic (exact) mass is 276 g/mol. The van der Waals surface area contributed by atoms with Crippen molar-refractivity contribution in [3.63, 3.8) is 0 Å². The number of anilines is 1. The lowest BCUT2D eigenvalue weighted by atomic mass is 10.3. The largest absolute Gasteiger partial charge is 0.477 e. The molecule has 0 aliphatic rings. The Hall–Kier alpha value is -2.10. The van der Waals surface area contributed by atoms with Gasteiger partial charge >= 0.3 is 6.18 Å². The standard InChI is InChI=1S/C9H11F3N6O/c10-9(11,12)2-1-3-19-7-5-4-14-18-6(5)15-8(16-7)17-13/h4H,1-3,13H2,(H2,14,15,16,17,18). The Morgan fingerprint density at radius 1 is 1.37 bits per heavy atom. The number of nitrogens with zero attached hydrogens (tertiary/aromatic N) is 3. The number of nitrogens with two attached hydrogens (primary N) is 1. The van der Waals surface area contributed by atoms with Gasteiger partial charge < -0.3 is 4.74 Å². The van der Waals surface area contributed by atoms with E-state index in [0.29, 0.717) is 11.0 Å². The summed E-state index contributed by atoms with van der Waals surface area (Å²) in [7, 11) is 0. The van der Waals surface area contributed by atoms with E-state index in [0.717, 1.165) is 0 Å². The van der Waals surface area contributed by atoms with E-state index in [1.807, 2.05) is 0 Å². The zero-order valence-corrected chi connectivity index (χ0v) is 9.66. The summed E-state index contributed by atoms with van der Waals surface area (Å²) in [5.41, 5.74) is 2.62. The van der Waals surface area contributed by atoms with E-state index in [1.54, 1.807) is 0 Å². The molecule has 0 aliphatic carbocycles. The van der Waals surface area contributed by atoms with Crippen LogP contribution in [-0.2, 0) is 0 Å². The summed E-state index contributed by atoms with van der Waals surface area (Å²) in [6, 6.07) is 0. The molecule has 2 rings (SSSR count). The number of H-pyrrole nitrogens is 1. The van der Waals surface area contributed by atoms with Crippen LogP contribution in [-0.4, -0.2) is 32.9 Å². The molecular weight excluding hydrogens is 265 g/mol. The van der Waals surface area contributed by atoms with Crippen LogP contribution in [0, 0.1) is 0 Å². The lowest BCUT2D eigenvalue weighted by molar-refractivity contribution is -0.136. The smallest absolute Gasteiger partial charge is 0.389 e.